The van der Waals surface area contributed by atoms with Gasteiger partial charge in [-0.15, -0.1) is 0 Å². The summed E-state index contributed by atoms with van der Waals surface area (Å²) >= 11 is 0. The maximum atomic E-state index is 10.7. The zero-order valence-electron chi connectivity index (χ0n) is 18.4. The van der Waals surface area contributed by atoms with E-state index in [9.17, 15) is 13.2 Å². The highest BCUT2D eigenvalue weighted by molar-refractivity contribution is 7.86. The maximum absolute atomic E-state index is 10.7. The summed E-state index contributed by atoms with van der Waals surface area (Å²) in [5.41, 5.74) is -4.15. The van der Waals surface area contributed by atoms with Crippen molar-refractivity contribution >= 4 is 10.1 Å². The summed E-state index contributed by atoms with van der Waals surface area (Å²) in [4.78, 5) is 0. The number of hydrogen-bond donors (Lipinski definition) is 0. The van der Waals surface area contributed by atoms with Gasteiger partial charge in [-0.1, -0.05) is 71.6 Å². The van der Waals surface area contributed by atoms with Gasteiger partial charge in [0.2, 0.25) is 0 Å². The van der Waals surface area contributed by atoms with E-state index >= 15 is 0 Å². The molecule has 0 aromatic carbocycles. The molecular formula is C22H38F3NO3S. The molecule has 30 heavy (non-hydrogen) atoms. The summed E-state index contributed by atoms with van der Waals surface area (Å²) in [6, 6.07) is 4.48. The minimum absolute atomic E-state index is 1.19. The van der Waals surface area contributed by atoms with Gasteiger partial charge in [-0.05, 0) is 25.3 Å². The number of unbranched alkanes of at least 4 members (excludes halogenated alkanes) is 10. The lowest BCUT2D eigenvalue weighted by atomic mass is 10.1. The molecular weight excluding hydrogens is 415 g/mol. The Morgan fingerprint density at radius 2 is 1.33 bits per heavy atom. The highest BCUT2D eigenvalue weighted by Gasteiger charge is 2.36. The van der Waals surface area contributed by atoms with Gasteiger partial charge in [0.1, 0.15) is 6.54 Å². The molecule has 1 heterocycles. The summed E-state index contributed by atoms with van der Waals surface area (Å²) in [5, 5.41) is 0. The molecule has 0 aliphatic rings. The SMILES string of the molecule is CCCCCCCCCCCC[n+]1cccc(CCCC)c1.O=S(=O)([O-])C(F)(F)F. The van der Waals surface area contributed by atoms with Crippen LogP contribution in [0.15, 0.2) is 24.5 Å². The molecule has 0 spiro atoms. The maximum Gasteiger partial charge on any atom is 0.485 e. The molecule has 176 valence electrons. The molecule has 4 nitrogen and oxygen atoms in total. The van der Waals surface area contributed by atoms with E-state index < -0.39 is 15.6 Å². The Morgan fingerprint density at radius 1 is 0.867 bits per heavy atom. The van der Waals surface area contributed by atoms with Gasteiger partial charge in [0, 0.05) is 18.1 Å². The lowest BCUT2D eigenvalue weighted by molar-refractivity contribution is -0.697. The van der Waals surface area contributed by atoms with Gasteiger partial charge in [0.25, 0.3) is 0 Å². The van der Waals surface area contributed by atoms with Gasteiger partial charge < -0.3 is 4.55 Å². The van der Waals surface area contributed by atoms with Crippen LogP contribution in [0.5, 0.6) is 0 Å². The van der Waals surface area contributed by atoms with Crippen LogP contribution in [0.25, 0.3) is 0 Å². The molecule has 8 heteroatoms. The number of nitrogens with zero attached hydrogens (tertiary/aromatic N) is 1. The lowest BCUT2D eigenvalue weighted by Crippen LogP contribution is -2.33. The van der Waals surface area contributed by atoms with E-state index in [1.165, 1.54) is 95.6 Å². The number of aryl methyl sites for hydroxylation is 2. The molecule has 1 aromatic heterocycles. The van der Waals surface area contributed by atoms with E-state index in [2.05, 4.69) is 42.9 Å². The van der Waals surface area contributed by atoms with E-state index in [0.29, 0.717) is 0 Å². The van der Waals surface area contributed by atoms with Crippen LogP contribution in [-0.4, -0.2) is 18.5 Å². The van der Waals surface area contributed by atoms with Crippen molar-refractivity contribution in [1.82, 2.24) is 0 Å². The van der Waals surface area contributed by atoms with E-state index in [0.717, 1.165) is 0 Å². The van der Waals surface area contributed by atoms with Gasteiger partial charge in [0.15, 0.2) is 22.5 Å². The standard InChI is InChI=1S/C21H38N.CHF3O3S/c1-3-5-7-8-9-10-11-12-13-14-18-22-19-15-17-21(20-22)16-6-4-2;2-1(3,4)8(5,6)7/h15,17,19-20H,3-14,16,18H2,1-2H3;(H,5,6,7)/q+1;/p-1. The first-order valence-electron chi connectivity index (χ1n) is 11.1. The van der Waals surface area contributed by atoms with Crippen molar-refractivity contribution in [2.45, 2.75) is 109 Å². The second-order valence-corrected chi connectivity index (χ2v) is 9.01. The van der Waals surface area contributed by atoms with Gasteiger partial charge in [-0.3, -0.25) is 0 Å². The largest absolute Gasteiger partial charge is 0.741 e. The molecule has 0 fully saturated rings. The Balaban J connectivity index is 0.000000890. The van der Waals surface area contributed by atoms with Crippen LogP contribution in [0.2, 0.25) is 0 Å². The quantitative estimate of drug-likeness (QED) is 0.144. The summed E-state index contributed by atoms with van der Waals surface area (Å²) in [6.07, 6.45) is 22.6. The number of pyridine rings is 1. The lowest BCUT2D eigenvalue weighted by Gasteiger charge is -2.08. The van der Waals surface area contributed by atoms with Crippen LogP contribution in [0, 0.1) is 0 Å². The van der Waals surface area contributed by atoms with Crippen molar-refractivity contribution in [3.05, 3.63) is 30.1 Å². The second kappa shape index (κ2) is 16.5. The topological polar surface area (TPSA) is 61.1 Å². The van der Waals surface area contributed by atoms with E-state index in [1.807, 2.05) is 0 Å². The molecule has 0 bridgehead atoms. The zero-order valence-corrected chi connectivity index (χ0v) is 19.2. The van der Waals surface area contributed by atoms with Crippen LogP contribution in [0.3, 0.4) is 0 Å². The van der Waals surface area contributed by atoms with Crippen molar-refractivity contribution in [2.24, 2.45) is 0 Å². The molecule has 0 aliphatic carbocycles. The summed E-state index contributed by atoms with van der Waals surface area (Å²) in [5.74, 6) is 0. The van der Waals surface area contributed by atoms with Gasteiger partial charge in [-0.25, -0.2) is 13.0 Å². The van der Waals surface area contributed by atoms with Crippen molar-refractivity contribution in [3.8, 4) is 0 Å². The molecule has 1 rings (SSSR count). The molecule has 0 saturated carbocycles. The van der Waals surface area contributed by atoms with Crippen molar-refractivity contribution < 1.29 is 30.7 Å². The highest BCUT2D eigenvalue weighted by atomic mass is 32.2. The first kappa shape index (κ1) is 28.9. The van der Waals surface area contributed by atoms with Crippen molar-refractivity contribution in [3.63, 3.8) is 0 Å². The predicted octanol–water partition coefficient (Wildman–Crippen LogP) is 6.29. The summed E-state index contributed by atoms with van der Waals surface area (Å²) in [6.45, 7) is 5.74. The Morgan fingerprint density at radius 3 is 1.80 bits per heavy atom. The van der Waals surface area contributed by atoms with Crippen LogP contribution >= 0.6 is 0 Å². The normalized spacial score (nSPS) is 11.8. The van der Waals surface area contributed by atoms with Gasteiger partial charge in [0.05, 0.1) is 0 Å². The monoisotopic (exact) mass is 453 g/mol. The number of alkyl halides is 3. The second-order valence-electron chi connectivity index (χ2n) is 7.64. The Bertz CT molecular complexity index is 649. The third-order valence-corrected chi connectivity index (χ3v) is 5.36. The Labute approximate surface area is 180 Å². The highest BCUT2D eigenvalue weighted by Crippen LogP contribution is 2.20. The molecule has 1 aromatic rings. The average Bonchev–Trinajstić information content (AvgIpc) is 2.67. The van der Waals surface area contributed by atoms with Gasteiger partial charge in [-0.2, -0.15) is 13.2 Å². The van der Waals surface area contributed by atoms with E-state index in [1.54, 1.807) is 0 Å². The number of aromatic nitrogens is 1. The molecule has 0 unspecified atom stereocenters. The first-order valence-corrected chi connectivity index (χ1v) is 12.5. The molecule has 0 atom stereocenters. The first-order chi connectivity index (χ1) is 14.1. The minimum Gasteiger partial charge on any atom is -0.741 e. The minimum atomic E-state index is -6.09. The average molecular weight is 454 g/mol. The fourth-order valence-corrected chi connectivity index (χ4v) is 3.03. The number of halogens is 3. The Hall–Kier alpha value is -1.15. The van der Waals surface area contributed by atoms with Crippen molar-refractivity contribution in [2.75, 3.05) is 0 Å². The predicted molar refractivity (Wildman–Crippen MR) is 113 cm³/mol. The summed E-state index contributed by atoms with van der Waals surface area (Å²) in [7, 11) is -6.09. The molecule has 0 N–H and O–H groups in total. The van der Waals surface area contributed by atoms with Crippen LogP contribution in [0.1, 0.15) is 96.5 Å². The van der Waals surface area contributed by atoms with E-state index in [-0.39, 0.29) is 0 Å². The van der Waals surface area contributed by atoms with E-state index in [4.69, 9.17) is 13.0 Å². The fourth-order valence-electron chi connectivity index (χ4n) is 3.03. The van der Waals surface area contributed by atoms with Crippen LogP contribution in [0.4, 0.5) is 13.2 Å². The smallest absolute Gasteiger partial charge is 0.485 e. The van der Waals surface area contributed by atoms with Crippen LogP contribution in [-0.2, 0) is 23.1 Å². The third kappa shape index (κ3) is 15.7. The van der Waals surface area contributed by atoms with Gasteiger partial charge >= 0.3 is 5.51 Å². The number of hydrogen-bond acceptors (Lipinski definition) is 3. The molecule has 0 radical (unpaired) electrons. The fraction of sp³-hybridized carbons (Fsp3) is 0.773. The zero-order chi connectivity index (χ0) is 22.9. The molecule has 0 saturated heterocycles. The van der Waals surface area contributed by atoms with Crippen LogP contribution < -0.4 is 4.57 Å². The third-order valence-electron chi connectivity index (χ3n) is 4.79. The van der Waals surface area contributed by atoms with Crippen molar-refractivity contribution in [1.29, 1.82) is 0 Å². The summed E-state index contributed by atoms with van der Waals surface area (Å²) < 4.78 is 61.3. The molecule has 0 aliphatic heterocycles. The number of rotatable bonds is 14. The molecule has 0 amide bonds. The Kier molecular flexibility index (Phi) is 15.9.